The number of nitrogens with one attached hydrogen (secondary N) is 1. The molecule has 0 unspecified atom stereocenters. The molecule has 5 nitrogen and oxygen atoms in total. The third kappa shape index (κ3) is 7.88. The number of hydrogen-bond donors (Lipinski definition) is 1. The first-order valence-electron chi connectivity index (χ1n) is 11.6. The third-order valence-corrected chi connectivity index (χ3v) is 6.37. The highest BCUT2D eigenvalue weighted by Crippen LogP contribution is 2.31. The Balaban J connectivity index is 2.17. The zero-order chi connectivity index (χ0) is 24.6. The molecule has 6 heteroatoms. The normalized spacial score (nSPS) is 12.2. The summed E-state index contributed by atoms with van der Waals surface area (Å²) >= 11 is 3.56. The van der Waals surface area contributed by atoms with Gasteiger partial charge in [-0.05, 0) is 70.4 Å². The third-order valence-electron chi connectivity index (χ3n) is 5.75. The maximum atomic E-state index is 13.3. The van der Waals surface area contributed by atoms with E-state index in [1.807, 2.05) is 49.4 Å². The van der Waals surface area contributed by atoms with E-state index in [9.17, 15) is 9.59 Å². The van der Waals surface area contributed by atoms with Gasteiger partial charge in [0, 0.05) is 13.1 Å². The first-order valence-corrected chi connectivity index (χ1v) is 12.4. The minimum atomic E-state index is -0.607. The van der Waals surface area contributed by atoms with E-state index >= 15 is 0 Å². The van der Waals surface area contributed by atoms with Crippen molar-refractivity contribution in [2.75, 3.05) is 13.2 Å². The van der Waals surface area contributed by atoms with Crippen molar-refractivity contribution < 1.29 is 14.3 Å². The number of nitrogens with zero attached hydrogens (tertiary/aromatic N) is 1. The zero-order valence-electron chi connectivity index (χ0n) is 20.7. The van der Waals surface area contributed by atoms with Crippen molar-refractivity contribution in [3.05, 3.63) is 63.6 Å². The van der Waals surface area contributed by atoms with Crippen LogP contribution in [0, 0.1) is 6.92 Å². The molecule has 1 N–H and O–H groups in total. The number of halogens is 1. The highest BCUT2D eigenvalue weighted by Gasteiger charge is 2.27. The van der Waals surface area contributed by atoms with E-state index in [4.69, 9.17) is 4.74 Å². The van der Waals surface area contributed by atoms with Gasteiger partial charge in [0.05, 0.1) is 4.47 Å². The van der Waals surface area contributed by atoms with E-state index in [0.717, 1.165) is 28.4 Å². The van der Waals surface area contributed by atoms with Gasteiger partial charge in [-0.1, -0.05) is 64.4 Å². The fourth-order valence-electron chi connectivity index (χ4n) is 3.40. The van der Waals surface area contributed by atoms with Crippen LogP contribution in [-0.4, -0.2) is 35.9 Å². The second kappa shape index (κ2) is 12.2. The Kier molecular flexibility index (Phi) is 9.96. The second-order valence-electron chi connectivity index (χ2n) is 9.45. The Bertz CT molecular complexity index is 953. The summed E-state index contributed by atoms with van der Waals surface area (Å²) < 4.78 is 6.68. The molecule has 180 valence electrons. The molecule has 0 spiro atoms. The molecular formula is C27H37BrN2O3. The monoisotopic (exact) mass is 516 g/mol. The van der Waals surface area contributed by atoms with Gasteiger partial charge in [0.15, 0.2) is 6.61 Å². The minimum absolute atomic E-state index is 0.0157. The molecular weight excluding hydrogens is 480 g/mol. The average Bonchev–Trinajstić information content (AvgIpc) is 2.76. The molecule has 0 radical (unpaired) electrons. The van der Waals surface area contributed by atoms with Crippen LogP contribution in [0.3, 0.4) is 0 Å². The van der Waals surface area contributed by atoms with Gasteiger partial charge >= 0.3 is 0 Å². The molecule has 0 aromatic heterocycles. The van der Waals surface area contributed by atoms with Crippen LogP contribution in [0.4, 0.5) is 0 Å². The summed E-state index contributed by atoms with van der Waals surface area (Å²) in [4.78, 5) is 27.6. The van der Waals surface area contributed by atoms with Crippen molar-refractivity contribution in [3.8, 4) is 5.75 Å². The van der Waals surface area contributed by atoms with E-state index in [2.05, 4.69) is 48.9 Å². The van der Waals surface area contributed by atoms with Crippen LogP contribution in [0.15, 0.2) is 46.9 Å². The molecule has 0 aliphatic carbocycles. The lowest BCUT2D eigenvalue weighted by Gasteiger charge is -2.29. The molecule has 0 bridgehead atoms. The Morgan fingerprint density at radius 3 is 2.45 bits per heavy atom. The lowest BCUT2D eigenvalue weighted by Crippen LogP contribution is -2.49. The number of rotatable bonds is 10. The van der Waals surface area contributed by atoms with Crippen molar-refractivity contribution in [2.45, 2.75) is 72.4 Å². The standard InChI is InChI=1S/C27H37BrN2O3/c1-7-8-15-29-26(32)20(3)30(17-21-12-10-9-11-19(21)2)25(31)18-33-24-14-13-22(16-23(24)28)27(4,5)6/h9-14,16,20H,7-8,15,17-18H2,1-6H3,(H,29,32)/t20-/m0/s1. The molecule has 2 rings (SSSR count). The quantitative estimate of drug-likeness (QED) is 0.408. The Morgan fingerprint density at radius 1 is 1.15 bits per heavy atom. The van der Waals surface area contributed by atoms with Crippen LogP contribution in [0.5, 0.6) is 5.75 Å². The van der Waals surface area contributed by atoms with Gasteiger partial charge in [-0.3, -0.25) is 9.59 Å². The van der Waals surface area contributed by atoms with Crippen molar-refractivity contribution in [3.63, 3.8) is 0 Å². The molecule has 2 aromatic rings. The van der Waals surface area contributed by atoms with Crippen LogP contribution in [0.25, 0.3) is 0 Å². The minimum Gasteiger partial charge on any atom is -0.483 e. The Morgan fingerprint density at radius 2 is 1.85 bits per heavy atom. The van der Waals surface area contributed by atoms with Crippen molar-refractivity contribution >= 4 is 27.7 Å². The summed E-state index contributed by atoms with van der Waals surface area (Å²) in [6.45, 7) is 13.1. The van der Waals surface area contributed by atoms with Gasteiger partial charge < -0.3 is 15.0 Å². The summed E-state index contributed by atoms with van der Waals surface area (Å²) in [5.74, 6) is 0.219. The molecule has 33 heavy (non-hydrogen) atoms. The number of ether oxygens (including phenoxy) is 1. The van der Waals surface area contributed by atoms with Crippen LogP contribution in [0.1, 0.15) is 64.2 Å². The SMILES string of the molecule is CCCCNC(=O)[C@H](C)N(Cc1ccccc1C)C(=O)COc1ccc(C(C)(C)C)cc1Br. The molecule has 0 aliphatic rings. The second-order valence-corrected chi connectivity index (χ2v) is 10.3. The average molecular weight is 518 g/mol. The lowest BCUT2D eigenvalue weighted by molar-refractivity contribution is -0.142. The number of amides is 2. The van der Waals surface area contributed by atoms with Crippen LogP contribution in [0.2, 0.25) is 0 Å². The molecule has 0 heterocycles. The number of benzene rings is 2. The fourth-order valence-corrected chi connectivity index (χ4v) is 3.89. The van der Waals surface area contributed by atoms with Crippen molar-refractivity contribution in [2.24, 2.45) is 0 Å². The van der Waals surface area contributed by atoms with Gasteiger partial charge in [0.2, 0.25) is 5.91 Å². The molecule has 2 aromatic carbocycles. The van der Waals surface area contributed by atoms with E-state index in [0.29, 0.717) is 18.8 Å². The topological polar surface area (TPSA) is 58.6 Å². The number of aryl methyl sites for hydroxylation is 1. The van der Waals surface area contributed by atoms with Gasteiger partial charge in [-0.15, -0.1) is 0 Å². The lowest BCUT2D eigenvalue weighted by atomic mass is 9.87. The molecule has 2 amide bonds. The van der Waals surface area contributed by atoms with Gasteiger partial charge in [-0.25, -0.2) is 0 Å². The zero-order valence-corrected chi connectivity index (χ0v) is 22.3. The summed E-state index contributed by atoms with van der Waals surface area (Å²) in [6.07, 6.45) is 1.91. The largest absolute Gasteiger partial charge is 0.483 e. The Hall–Kier alpha value is -2.34. The fraction of sp³-hybridized carbons (Fsp3) is 0.481. The van der Waals surface area contributed by atoms with Gasteiger partial charge in [0.25, 0.3) is 5.91 Å². The predicted octanol–water partition coefficient (Wildman–Crippen LogP) is 5.77. The van der Waals surface area contributed by atoms with Crippen molar-refractivity contribution in [1.29, 1.82) is 0 Å². The Labute approximate surface area is 207 Å². The summed E-state index contributed by atoms with van der Waals surface area (Å²) in [6, 6.07) is 13.2. The highest BCUT2D eigenvalue weighted by atomic mass is 79.9. The van der Waals surface area contributed by atoms with Crippen LogP contribution < -0.4 is 10.1 Å². The molecule has 0 aliphatic heterocycles. The van der Waals surface area contributed by atoms with Crippen molar-refractivity contribution in [1.82, 2.24) is 10.2 Å². The summed E-state index contributed by atoms with van der Waals surface area (Å²) in [7, 11) is 0. The van der Waals surface area contributed by atoms with E-state index in [1.165, 1.54) is 5.56 Å². The highest BCUT2D eigenvalue weighted by molar-refractivity contribution is 9.10. The number of carbonyl (C=O) groups is 2. The molecule has 1 atom stereocenters. The smallest absolute Gasteiger partial charge is 0.261 e. The van der Waals surface area contributed by atoms with Gasteiger partial charge in [-0.2, -0.15) is 0 Å². The first-order chi connectivity index (χ1) is 15.5. The number of carbonyl (C=O) groups excluding carboxylic acids is 2. The molecule has 0 saturated heterocycles. The first kappa shape index (κ1) is 26.9. The summed E-state index contributed by atoms with van der Waals surface area (Å²) in [5.41, 5.74) is 3.28. The molecule has 0 fully saturated rings. The maximum Gasteiger partial charge on any atom is 0.261 e. The number of unbranched alkanes of at least 4 members (excludes halogenated alkanes) is 1. The summed E-state index contributed by atoms with van der Waals surface area (Å²) in [5, 5.41) is 2.94. The van der Waals surface area contributed by atoms with Gasteiger partial charge in [0.1, 0.15) is 11.8 Å². The van der Waals surface area contributed by atoms with E-state index < -0.39 is 6.04 Å². The number of hydrogen-bond acceptors (Lipinski definition) is 3. The maximum absolute atomic E-state index is 13.3. The predicted molar refractivity (Wildman–Crippen MR) is 137 cm³/mol. The molecule has 0 saturated carbocycles. The van der Waals surface area contributed by atoms with E-state index in [1.54, 1.807) is 11.8 Å². The van der Waals surface area contributed by atoms with E-state index in [-0.39, 0.29) is 23.8 Å². The van der Waals surface area contributed by atoms with Crippen LogP contribution >= 0.6 is 15.9 Å². The van der Waals surface area contributed by atoms with Crippen LogP contribution in [-0.2, 0) is 21.5 Å².